The molecule has 108 valence electrons. The quantitative estimate of drug-likeness (QED) is 0.793. The van der Waals surface area contributed by atoms with Crippen molar-refractivity contribution in [3.05, 3.63) is 63.7 Å². The van der Waals surface area contributed by atoms with E-state index in [0.717, 1.165) is 36.7 Å². The minimum absolute atomic E-state index is 0.285. The zero-order valence-electron chi connectivity index (χ0n) is 12.1. The molecule has 2 nitrogen and oxygen atoms in total. The zero-order chi connectivity index (χ0) is 14.4. The first-order valence-electron chi connectivity index (χ1n) is 7.46. The van der Waals surface area contributed by atoms with E-state index in [1.165, 1.54) is 22.3 Å². The molecular weight excluding hydrogens is 282 g/mol. The second-order valence-corrected chi connectivity index (χ2v) is 6.19. The van der Waals surface area contributed by atoms with E-state index in [0.29, 0.717) is 0 Å². The molecule has 2 heterocycles. The van der Waals surface area contributed by atoms with Gasteiger partial charge in [0, 0.05) is 23.7 Å². The molecule has 0 saturated carbocycles. The zero-order valence-corrected chi connectivity index (χ0v) is 12.9. The number of hydrogen-bond donors (Lipinski definition) is 0. The summed E-state index contributed by atoms with van der Waals surface area (Å²) < 4.78 is 5.65. The number of benzene rings is 2. The van der Waals surface area contributed by atoms with E-state index >= 15 is 0 Å². The summed E-state index contributed by atoms with van der Waals surface area (Å²) in [5, 5.41) is 0.869. The molecular formula is C18H18ClNO. The lowest BCUT2D eigenvalue weighted by Gasteiger charge is -2.42. The van der Waals surface area contributed by atoms with Crippen LogP contribution in [-0.2, 0) is 12.8 Å². The summed E-state index contributed by atoms with van der Waals surface area (Å²) in [6, 6.07) is 13.0. The molecule has 1 unspecified atom stereocenters. The number of hydrogen-bond acceptors (Lipinski definition) is 2. The van der Waals surface area contributed by atoms with Crippen LogP contribution in [0.5, 0.6) is 5.75 Å². The van der Waals surface area contributed by atoms with Crippen LogP contribution >= 0.6 is 11.6 Å². The van der Waals surface area contributed by atoms with Gasteiger partial charge in [0.2, 0.25) is 0 Å². The van der Waals surface area contributed by atoms with Gasteiger partial charge in [-0.2, -0.15) is 0 Å². The molecule has 2 aromatic rings. The predicted molar refractivity (Wildman–Crippen MR) is 85.3 cm³/mol. The lowest BCUT2D eigenvalue weighted by atomic mass is 9.82. The molecule has 21 heavy (non-hydrogen) atoms. The van der Waals surface area contributed by atoms with Crippen LogP contribution in [0.1, 0.15) is 28.3 Å². The van der Waals surface area contributed by atoms with Crippen molar-refractivity contribution in [3.63, 3.8) is 0 Å². The normalized spacial score (nSPS) is 20.4. The van der Waals surface area contributed by atoms with Gasteiger partial charge in [0.05, 0.1) is 13.2 Å². The van der Waals surface area contributed by atoms with Crippen LogP contribution in [-0.4, -0.2) is 25.1 Å². The summed E-state index contributed by atoms with van der Waals surface area (Å²) in [7, 11) is 1.75. The van der Waals surface area contributed by atoms with Crippen molar-refractivity contribution in [1.29, 1.82) is 0 Å². The highest BCUT2D eigenvalue weighted by Crippen LogP contribution is 2.45. The third-order valence-corrected chi connectivity index (χ3v) is 5.14. The average Bonchev–Trinajstić information content (AvgIpc) is 2.54. The Kier molecular flexibility index (Phi) is 3.16. The third kappa shape index (κ3) is 1.97. The smallest absolute Gasteiger partial charge is 0.124 e. The Labute approximate surface area is 130 Å². The average molecular weight is 300 g/mol. The minimum Gasteiger partial charge on any atom is -0.496 e. The highest BCUT2D eigenvalue weighted by molar-refractivity contribution is 6.31. The monoisotopic (exact) mass is 299 g/mol. The van der Waals surface area contributed by atoms with Gasteiger partial charge in [0.15, 0.2) is 0 Å². The summed E-state index contributed by atoms with van der Waals surface area (Å²) in [4.78, 5) is 2.56. The maximum atomic E-state index is 6.46. The van der Waals surface area contributed by atoms with E-state index in [2.05, 4.69) is 29.2 Å². The Balaban J connectivity index is 1.96. The van der Waals surface area contributed by atoms with Crippen molar-refractivity contribution in [2.75, 3.05) is 20.2 Å². The molecule has 2 aliphatic rings. The number of rotatable bonds is 1. The van der Waals surface area contributed by atoms with Crippen molar-refractivity contribution >= 4 is 11.6 Å². The molecule has 4 rings (SSSR count). The summed E-state index contributed by atoms with van der Waals surface area (Å²) in [6.45, 7) is 2.18. The number of methoxy groups -OCH3 is 1. The molecule has 3 heteroatoms. The summed E-state index contributed by atoms with van der Waals surface area (Å²) >= 11 is 6.46. The van der Waals surface area contributed by atoms with E-state index < -0.39 is 0 Å². The number of ether oxygens (including phenoxy) is 1. The molecule has 0 amide bonds. The Morgan fingerprint density at radius 1 is 1.10 bits per heavy atom. The molecule has 2 aliphatic heterocycles. The van der Waals surface area contributed by atoms with Gasteiger partial charge in [-0.25, -0.2) is 0 Å². The number of halogens is 1. The molecule has 0 radical (unpaired) electrons. The van der Waals surface area contributed by atoms with Gasteiger partial charge in [-0.1, -0.05) is 35.9 Å². The first-order chi connectivity index (χ1) is 10.3. The van der Waals surface area contributed by atoms with Gasteiger partial charge in [-0.05, 0) is 41.7 Å². The van der Waals surface area contributed by atoms with E-state index in [4.69, 9.17) is 16.3 Å². The molecule has 0 aliphatic carbocycles. The predicted octanol–water partition coefficient (Wildman–Crippen LogP) is 3.85. The Morgan fingerprint density at radius 3 is 2.76 bits per heavy atom. The van der Waals surface area contributed by atoms with E-state index in [1.807, 2.05) is 12.1 Å². The SMILES string of the molecule is COc1ccc(Cl)c2c1C1c3ccccc3CCN1CC2. The minimum atomic E-state index is 0.285. The highest BCUT2D eigenvalue weighted by atomic mass is 35.5. The van der Waals surface area contributed by atoms with Gasteiger partial charge >= 0.3 is 0 Å². The standard InChI is InChI=1S/C18H18ClNO/c1-21-16-7-6-15(19)14-9-11-20-10-8-12-4-2-3-5-13(12)18(20)17(14)16/h2-7,18H,8-11H2,1H3. The Morgan fingerprint density at radius 2 is 1.90 bits per heavy atom. The largest absolute Gasteiger partial charge is 0.496 e. The molecule has 0 spiro atoms. The fraction of sp³-hybridized carbons (Fsp3) is 0.333. The van der Waals surface area contributed by atoms with Crippen molar-refractivity contribution in [1.82, 2.24) is 4.90 Å². The molecule has 0 N–H and O–H groups in total. The third-order valence-electron chi connectivity index (χ3n) is 4.79. The first-order valence-corrected chi connectivity index (χ1v) is 7.84. The highest BCUT2D eigenvalue weighted by Gasteiger charge is 2.35. The number of fused-ring (bicyclic) bond motifs is 5. The van der Waals surface area contributed by atoms with Crippen molar-refractivity contribution in [2.24, 2.45) is 0 Å². The van der Waals surface area contributed by atoms with E-state index in [1.54, 1.807) is 7.11 Å². The summed E-state index contributed by atoms with van der Waals surface area (Å²) in [5.74, 6) is 0.959. The van der Waals surface area contributed by atoms with Gasteiger partial charge in [-0.15, -0.1) is 0 Å². The van der Waals surface area contributed by atoms with Gasteiger partial charge in [0.25, 0.3) is 0 Å². The van der Waals surface area contributed by atoms with E-state index in [9.17, 15) is 0 Å². The van der Waals surface area contributed by atoms with Crippen LogP contribution in [0.3, 0.4) is 0 Å². The van der Waals surface area contributed by atoms with Crippen LogP contribution in [0.15, 0.2) is 36.4 Å². The van der Waals surface area contributed by atoms with Crippen molar-refractivity contribution in [3.8, 4) is 5.75 Å². The van der Waals surface area contributed by atoms with Crippen LogP contribution < -0.4 is 4.74 Å². The topological polar surface area (TPSA) is 12.5 Å². The van der Waals surface area contributed by atoms with Crippen LogP contribution in [0.4, 0.5) is 0 Å². The fourth-order valence-electron chi connectivity index (χ4n) is 3.80. The lowest BCUT2D eigenvalue weighted by Crippen LogP contribution is -2.41. The van der Waals surface area contributed by atoms with Gasteiger partial charge in [0.1, 0.15) is 5.75 Å². The van der Waals surface area contributed by atoms with Crippen molar-refractivity contribution in [2.45, 2.75) is 18.9 Å². The fourth-order valence-corrected chi connectivity index (χ4v) is 4.06. The van der Waals surface area contributed by atoms with Gasteiger partial charge < -0.3 is 4.74 Å². The first kappa shape index (κ1) is 13.2. The molecule has 2 aromatic carbocycles. The molecule has 0 bridgehead atoms. The second kappa shape index (κ2) is 5.04. The second-order valence-electron chi connectivity index (χ2n) is 5.78. The Bertz CT molecular complexity index is 698. The Hall–Kier alpha value is -1.51. The van der Waals surface area contributed by atoms with Crippen LogP contribution in [0.25, 0.3) is 0 Å². The van der Waals surface area contributed by atoms with Crippen LogP contribution in [0, 0.1) is 0 Å². The number of nitrogens with zero attached hydrogens (tertiary/aromatic N) is 1. The van der Waals surface area contributed by atoms with Gasteiger partial charge in [-0.3, -0.25) is 4.90 Å². The van der Waals surface area contributed by atoms with Crippen molar-refractivity contribution < 1.29 is 4.74 Å². The lowest BCUT2D eigenvalue weighted by molar-refractivity contribution is 0.197. The van der Waals surface area contributed by atoms with Crippen LogP contribution in [0.2, 0.25) is 5.02 Å². The maximum absolute atomic E-state index is 6.46. The molecule has 1 atom stereocenters. The summed E-state index contributed by atoms with van der Waals surface area (Å²) in [6.07, 6.45) is 2.13. The molecule has 0 saturated heterocycles. The molecule has 0 fully saturated rings. The molecule has 0 aromatic heterocycles. The maximum Gasteiger partial charge on any atom is 0.124 e. The summed E-state index contributed by atoms with van der Waals surface area (Å²) in [5.41, 5.74) is 5.39. The van der Waals surface area contributed by atoms with E-state index in [-0.39, 0.29) is 6.04 Å².